The van der Waals surface area contributed by atoms with Crippen LogP contribution in [0.4, 0.5) is 10.5 Å². The Morgan fingerprint density at radius 3 is 2.35 bits per heavy atom. The summed E-state index contributed by atoms with van der Waals surface area (Å²) in [5, 5.41) is 8.30. The lowest BCUT2D eigenvalue weighted by atomic mass is 10.0. The molecular weight excluding hydrogens is 330 g/mol. The second-order valence-corrected chi connectivity index (χ2v) is 5.91. The average Bonchev–Trinajstić information content (AvgIpc) is 2.66. The fourth-order valence-corrected chi connectivity index (χ4v) is 2.35. The third kappa shape index (κ3) is 6.47. The van der Waals surface area contributed by atoms with Crippen LogP contribution in [0.2, 0.25) is 0 Å². The molecule has 0 fully saturated rings. The number of carbonyl (C=O) groups is 2. The van der Waals surface area contributed by atoms with E-state index in [1.54, 1.807) is 24.3 Å². The summed E-state index contributed by atoms with van der Waals surface area (Å²) in [5.74, 6) is 0.633. The van der Waals surface area contributed by atoms with Gasteiger partial charge < -0.3 is 20.7 Å². The third-order valence-electron chi connectivity index (χ3n) is 3.79. The molecule has 0 bridgehead atoms. The molecule has 3 N–H and O–H groups in total. The van der Waals surface area contributed by atoms with E-state index in [2.05, 4.69) is 22.9 Å². The van der Waals surface area contributed by atoms with Crippen molar-refractivity contribution in [1.29, 1.82) is 0 Å². The number of rotatable bonds is 8. The van der Waals surface area contributed by atoms with Crippen LogP contribution in [0.1, 0.15) is 25.3 Å². The van der Waals surface area contributed by atoms with Crippen molar-refractivity contribution in [2.45, 2.75) is 19.8 Å². The van der Waals surface area contributed by atoms with Gasteiger partial charge >= 0.3 is 6.03 Å². The molecule has 0 spiro atoms. The Morgan fingerprint density at radius 2 is 1.69 bits per heavy atom. The van der Waals surface area contributed by atoms with E-state index in [4.69, 9.17) is 4.74 Å². The van der Waals surface area contributed by atoms with Crippen molar-refractivity contribution in [2.75, 3.05) is 25.0 Å². The zero-order valence-electron chi connectivity index (χ0n) is 15.1. The fourth-order valence-electron chi connectivity index (χ4n) is 2.35. The van der Waals surface area contributed by atoms with Gasteiger partial charge in [-0.15, -0.1) is 0 Å². The molecule has 0 radical (unpaired) electrons. The van der Waals surface area contributed by atoms with E-state index >= 15 is 0 Å². The Morgan fingerprint density at radius 1 is 1.00 bits per heavy atom. The number of likely N-dealkylation sites (N-methyl/N-ethyl adjacent to an activating group) is 1. The normalized spacial score (nSPS) is 11.3. The summed E-state index contributed by atoms with van der Waals surface area (Å²) in [6.07, 6.45) is 0. The van der Waals surface area contributed by atoms with Gasteiger partial charge in [0.25, 0.3) is 5.91 Å². The summed E-state index contributed by atoms with van der Waals surface area (Å²) in [6, 6.07) is 16.7. The molecule has 0 saturated heterocycles. The van der Waals surface area contributed by atoms with E-state index in [-0.39, 0.29) is 24.5 Å². The molecule has 6 nitrogen and oxygen atoms in total. The van der Waals surface area contributed by atoms with Crippen molar-refractivity contribution in [3.63, 3.8) is 0 Å². The van der Waals surface area contributed by atoms with Gasteiger partial charge in [0, 0.05) is 18.8 Å². The first-order valence-electron chi connectivity index (χ1n) is 8.68. The fraction of sp³-hybridized carbons (Fsp3) is 0.300. The lowest BCUT2D eigenvalue weighted by Gasteiger charge is -2.14. The zero-order valence-corrected chi connectivity index (χ0v) is 15.1. The van der Waals surface area contributed by atoms with Gasteiger partial charge in [-0.05, 0) is 42.7 Å². The van der Waals surface area contributed by atoms with Crippen molar-refractivity contribution in [2.24, 2.45) is 0 Å². The molecule has 0 aliphatic heterocycles. The van der Waals surface area contributed by atoms with Gasteiger partial charge in [-0.1, -0.05) is 37.3 Å². The lowest BCUT2D eigenvalue weighted by molar-refractivity contribution is -0.122. The first-order valence-corrected chi connectivity index (χ1v) is 8.68. The number of urea groups is 1. The van der Waals surface area contributed by atoms with Crippen molar-refractivity contribution in [1.82, 2.24) is 10.6 Å². The van der Waals surface area contributed by atoms with Crippen LogP contribution in [-0.4, -0.2) is 31.6 Å². The summed E-state index contributed by atoms with van der Waals surface area (Å²) in [5.41, 5.74) is 1.83. The molecule has 0 aliphatic rings. The Hall–Kier alpha value is -3.02. The highest BCUT2D eigenvalue weighted by Crippen LogP contribution is 2.16. The smallest absolute Gasteiger partial charge is 0.319 e. The van der Waals surface area contributed by atoms with E-state index in [9.17, 15) is 9.59 Å². The maximum Gasteiger partial charge on any atom is 0.319 e. The van der Waals surface area contributed by atoms with Crippen molar-refractivity contribution >= 4 is 17.6 Å². The van der Waals surface area contributed by atoms with Crippen molar-refractivity contribution in [3.05, 3.63) is 60.2 Å². The summed E-state index contributed by atoms with van der Waals surface area (Å²) in [7, 11) is 0. The number of ether oxygens (including phenoxy) is 1. The molecule has 26 heavy (non-hydrogen) atoms. The highest BCUT2D eigenvalue weighted by Gasteiger charge is 2.08. The Balaban J connectivity index is 1.75. The van der Waals surface area contributed by atoms with Gasteiger partial charge in [-0.3, -0.25) is 4.79 Å². The first-order chi connectivity index (χ1) is 12.6. The molecule has 0 aromatic heterocycles. The van der Waals surface area contributed by atoms with Crippen LogP contribution < -0.4 is 20.7 Å². The Labute approximate surface area is 153 Å². The SMILES string of the molecule is CCNC(=O)COc1ccc(NC(=O)NCC(C)c2ccccc2)cc1. The van der Waals surface area contributed by atoms with E-state index in [0.29, 0.717) is 24.5 Å². The second-order valence-electron chi connectivity index (χ2n) is 5.91. The predicted molar refractivity (Wildman–Crippen MR) is 102 cm³/mol. The van der Waals surface area contributed by atoms with Gasteiger partial charge in [0.1, 0.15) is 5.75 Å². The number of amides is 3. The molecule has 0 aliphatic carbocycles. The zero-order chi connectivity index (χ0) is 18.8. The van der Waals surface area contributed by atoms with Crippen LogP contribution in [0, 0.1) is 0 Å². The van der Waals surface area contributed by atoms with Gasteiger partial charge in [0.15, 0.2) is 6.61 Å². The molecule has 6 heteroatoms. The van der Waals surface area contributed by atoms with E-state index < -0.39 is 0 Å². The summed E-state index contributed by atoms with van der Waals surface area (Å²) in [4.78, 5) is 23.4. The second kappa shape index (κ2) is 10.1. The standard InChI is InChI=1S/C20H25N3O3/c1-3-21-19(24)14-26-18-11-9-17(10-12-18)23-20(25)22-13-15(2)16-7-5-4-6-8-16/h4-12,15H,3,13-14H2,1-2H3,(H,21,24)(H2,22,23,25). The maximum absolute atomic E-state index is 12.0. The number of hydrogen-bond donors (Lipinski definition) is 3. The van der Waals surface area contributed by atoms with Crippen LogP contribution in [0.3, 0.4) is 0 Å². The van der Waals surface area contributed by atoms with Gasteiger partial charge in [-0.25, -0.2) is 4.79 Å². The quantitative estimate of drug-likeness (QED) is 0.681. The number of anilines is 1. The molecule has 3 amide bonds. The number of carbonyl (C=O) groups excluding carboxylic acids is 2. The molecule has 2 rings (SSSR count). The minimum absolute atomic E-state index is 0.0293. The minimum atomic E-state index is -0.260. The largest absolute Gasteiger partial charge is 0.484 e. The van der Waals surface area contributed by atoms with Gasteiger partial charge in [0.05, 0.1) is 0 Å². The topological polar surface area (TPSA) is 79.5 Å². The highest BCUT2D eigenvalue weighted by atomic mass is 16.5. The summed E-state index contributed by atoms with van der Waals surface area (Å²) < 4.78 is 5.37. The van der Waals surface area contributed by atoms with Crippen molar-refractivity contribution < 1.29 is 14.3 Å². The molecule has 0 heterocycles. The van der Waals surface area contributed by atoms with E-state index in [0.717, 1.165) is 0 Å². The average molecular weight is 355 g/mol. The predicted octanol–water partition coefficient (Wildman–Crippen LogP) is 3.13. The molecule has 2 aromatic rings. The molecule has 138 valence electrons. The number of hydrogen-bond acceptors (Lipinski definition) is 3. The molecule has 2 aromatic carbocycles. The molecule has 1 atom stereocenters. The van der Waals surface area contributed by atoms with Gasteiger partial charge in [0.2, 0.25) is 0 Å². The van der Waals surface area contributed by atoms with Crippen LogP contribution in [0.5, 0.6) is 5.75 Å². The Bertz CT molecular complexity index is 702. The van der Waals surface area contributed by atoms with E-state index in [1.807, 2.05) is 37.3 Å². The Kier molecular flexibility index (Phi) is 7.49. The van der Waals surface area contributed by atoms with Crippen LogP contribution in [0.25, 0.3) is 0 Å². The van der Waals surface area contributed by atoms with Gasteiger partial charge in [-0.2, -0.15) is 0 Å². The van der Waals surface area contributed by atoms with Crippen molar-refractivity contribution in [3.8, 4) is 5.75 Å². The first kappa shape index (κ1) is 19.3. The van der Waals surface area contributed by atoms with Crippen LogP contribution in [0.15, 0.2) is 54.6 Å². The maximum atomic E-state index is 12.0. The minimum Gasteiger partial charge on any atom is -0.484 e. The van der Waals surface area contributed by atoms with Crippen LogP contribution >= 0.6 is 0 Å². The van der Waals surface area contributed by atoms with Crippen LogP contribution in [-0.2, 0) is 4.79 Å². The number of nitrogens with one attached hydrogen (secondary N) is 3. The molecular formula is C20H25N3O3. The van der Waals surface area contributed by atoms with E-state index in [1.165, 1.54) is 5.56 Å². The molecule has 0 saturated carbocycles. The highest BCUT2D eigenvalue weighted by molar-refractivity contribution is 5.89. The number of benzene rings is 2. The monoisotopic (exact) mass is 355 g/mol. The molecule has 1 unspecified atom stereocenters. The summed E-state index contributed by atoms with van der Waals surface area (Å²) in [6.45, 7) is 5.01. The third-order valence-corrected chi connectivity index (χ3v) is 3.79. The summed E-state index contributed by atoms with van der Waals surface area (Å²) >= 11 is 0. The lowest BCUT2D eigenvalue weighted by Crippen LogP contribution is -2.31.